The molecule has 0 saturated carbocycles. The van der Waals surface area contributed by atoms with Gasteiger partial charge in [0, 0.05) is 26.0 Å². The second kappa shape index (κ2) is 4.94. The lowest BCUT2D eigenvalue weighted by Gasteiger charge is -2.09. The second-order valence-corrected chi connectivity index (χ2v) is 3.59. The van der Waals surface area contributed by atoms with Crippen LogP contribution in [0.3, 0.4) is 0 Å². The molecular weight excluding hydrogens is 186 g/mol. The maximum absolute atomic E-state index is 11.1. The van der Waals surface area contributed by atoms with Crippen LogP contribution in [0.2, 0.25) is 0 Å². The molecule has 0 atom stereocenters. The van der Waals surface area contributed by atoms with E-state index >= 15 is 0 Å². The molecule has 0 aliphatic carbocycles. The lowest BCUT2D eigenvalue weighted by molar-refractivity contribution is -0.127. The Morgan fingerprint density at radius 1 is 1.69 bits per heavy atom. The van der Waals surface area contributed by atoms with Gasteiger partial charge >= 0.3 is 0 Å². The number of nitrogens with one attached hydrogen (secondary N) is 1. The molecule has 0 bridgehead atoms. The van der Waals surface area contributed by atoms with Gasteiger partial charge in [-0.1, -0.05) is 0 Å². The summed E-state index contributed by atoms with van der Waals surface area (Å²) in [6.45, 7) is 1.02. The van der Waals surface area contributed by atoms with Crippen molar-refractivity contribution in [2.24, 2.45) is 0 Å². The third-order valence-electron chi connectivity index (χ3n) is 1.56. The number of carbonyl (C=O) groups excluding carboxylic acids is 1. The van der Waals surface area contributed by atoms with Crippen LogP contribution in [-0.2, 0) is 11.3 Å². The van der Waals surface area contributed by atoms with Crippen molar-refractivity contribution < 1.29 is 4.79 Å². The van der Waals surface area contributed by atoms with E-state index in [1.807, 2.05) is 5.38 Å². The van der Waals surface area contributed by atoms with Crippen molar-refractivity contribution in [1.29, 1.82) is 0 Å². The third kappa shape index (κ3) is 3.52. The predicted molar refractivity (Wildman–Crippen MR) is 52.5 cm³/mol. The molecule has 1 amide bonds. The lowest BCUT2D eigenvalue weighted by atomic mass is 10.4. The van der Waals surface area contributed by atoms with Crippen LogP contribution in [-0.4, -0.2) is 36.4 Å². The Bertz CT molecular complexity index is 258. The van der Waals surface area contributed by atoms with Gasteiger partial charge in [0.05, 0.1) is 17.7 Å². The molecule has 0 radical (unpaired) electrons. The highest BCUT2D eigenvalue weighted by Gasteiger charge is 2.02. The second-order valence-electron chi connectivity index (χ2n) is 2.87. The van der Waals surface area contributed by atoms with E-state index in [-0.39, 0.29) is 5.91 Å². The molecule has 13 heavy (non-hydrogen) atoms. The molecule has 4 nitrogen and oxygen atoms in total. The maximum atomic E-state index is 11.1. The van der Waals surface area contributed by atoms with Crippen LogP contribution in [0.4, 0.5) is 0 Å². The minimum Gasteiger partial charge on any atom is -0.348 e. The van der Waals surface area contributed by atoms with Crippen molar-refractivity contribution in [3.63, 3.8) is 0 Å². The SMILES string of the molecule is CN(C)C(=O)CNCc1cscn1. The van der Waals surface area contributed by atoms with Crippen LogP contribution in [0.5, 0.6) is 0 Å². The maximum Gasteiger partial charge on any atom is 0.236 e. The number of thiazole rings is 1. The van der Waals surface area contributed by atoms with Crippen LogP contribution in [0, 0.1) is 0 Å². The van der Waals surface area contributed by atoms with Gasteiger partial charge in [0.2, 0.25) is 5.91 Å². The molecule has 1 N–H and O–H groups in total. The van der Waals surface area contributed by atoms with E-state index in [0.717, 1.165) is 5.69 Å². The fourth-order valence-electron chi connectivity index (χ4n) is 0.780. The van der Waals surface area contributed by atoms with Gasteiger partial charge in [-0.15, -0.1) is 11.3 Å². The fraction of sp³-hybridized carbons (Fsp3) is 0.500. The van der Waals surface area contributed by atoms with Gasteiger partial charge < -0.3 is 10.2 Å². The number of hydrogen-bond acceptors (Lipinski definition) is 4. The van der Waals surface area contributed by atoms with E-state index in [4.69, 9.17) is 0 Å². The van der Waals surface area contributed by atoms with Crippen molar-refractivity contribution in [1.82, 2.24) is 15.2 Å². The summed E-state index contributed by atoms with van der Waals surface area (Å²) in [5.74, 6) is 0.0789. The first-order chi connectivity index (χ1) is 6.20. The molecule has 0 aliphatic rings. The van der Waals surface area contributed by atoms with Crippen LogP contribution in [0.15, 0.2) is 10.9 Å². The molecule has 0 aliphatic heterocycles. The number of amides is 1. The highest BCUT2D eigenvalue weighted by molar-refractivity contribution is 7.07. The van der Waals surface area contributed by atoms with Crippen LogP contribution < -0.4 is 5.32 Å². The van der Waals surface area contributed by atoms with Gasteiger partial charge in [0.1, 0.15) is 0 Å². The first-order valence-electron chi connectivity index (χ1n) is 3.98. The van der Waals surface area contributed by atoms with Gasteiger partial charge in [0.15, 0.2) is 0 Å². The van der Waals surface area contributed by atoms with E-state index in [1.165, 1.54) is 0 Å². The number of hydrogen-bond donors (Lipinski definition) is 1. The highest BCUT2D eigenvalue weighted by Crippen LogP contribution is 1.99. The predicted octanol–water partition coefficient (Wildman–Crippen LogP) is 0.321. The van der Waals surface area contributed by atoms with Gasteiger partial charge in [-0.3, -0.25) is 4.79 Å². The number of carbonyl (C=O) groups is 1. The molecule has 1 aromatic heterocycles. The largest absolute Gasteiger partial charge is 0.348 e. The minimum atomic E-state index is 0.0789. The molecule has 1 aromatic rings. The quantitative estimate of drug-likeness (QED) is 0.759. The zero-order valence-corrected chi connectivity index (χ0v) is 8.60. The summed E-state index contributed by atoms with van der Waals surface area (Å²) in [6.07, 6.45) is 0. The van der Waals surface area contributed by atoms with Gasteiger partial charge in [0.25, 0.3) is 0 Å². The van der Waals surface area contributed by atoms with Crippen LogP contribution in [0.1, 0.15) is 5.69 Å². The Morgan fingerprint density at radius 2 is 2.46 bits per heavy atom. The highest BCUT2D eigenvalue weighted by atomic mass is 32.1. The van der Waals surface area contributed by atoms with E-state index < -0.39 is 0 Å². The van der Waals surface area contributed by atoms with Gasteiger partial charge in [-0.2, -0.15) is 0 Å². The molecule has 1 heterocycles. The number of nitrogens with zero attached hydrogens (tertiary/aromatic N) is 2. The summed E-state index contributed by atoms with van der Waals surface area (Å²) < 4.78 is 0. The van der Waals surface area contributed by atoms with Crippen molar-refractivity contribution in [2.45, 2.75) is 6.54 Å². The molecule has 72 valence electrons. The average Bonchev–Trinajstić information content (AvgIpc) is 2.56. The molecule has 1 rings (SSSR count). The zero-order valence-electron chi connectivity index (χ0n) is 7.78. The third-order valence-corrected chi connectivity index (χ3v) is 2.20. The molecular formula is C8H13N3OS. The number of likely N-dealkylation sites (N-methyl/N-ethyl adjacent to an activating group) is 1. The summed E-state index contributed by atoms with van der Waals surface area (Å²) in [6, 6.07) is 0. The first kappa shape index (κ1) is 10.1. The van der Waals surface area contributed by atoms with E-state index in [9.17, 15) is 4.79 Å². The standard InChI is InChI=1S/C8H13N3OS/c1-11(2)8(12)4-9-3-7-5-13-6-10-7/h5-6,9H,3-4H2,1-2H3. The molecule has 0 unspecified atom stereocenters. The normalized spacial score (nSPS) is 10.0. The van der Waals surface area contributed by atoms with Crippen molar-refractivity contribution in [3.8, 4) is 0 Å². The summed E-state index contributed by atoms with van der Waals surface area (Å²) in [7, 11) is 3.49. The van der Waals surface area contributed by atoms with E-state index in [1.54, 1.807) is 35.8 Å². The van der Waals surface area contributed by atoms with Gasteiger partial charge in [-0.05, 0) is 0 Å². The summed E-state index contributed by atoms with van der Waals surface area (Å²) in [5, 5.41) is 4.99. The van der Waals surface area contributed by atoms with Crippen LogP contribution >= 0.6 is 11.3 Å². The Hall–Kier alpha value is -0.940. The Morgan fingerprint density at radius 3 is 3.00 bits per heavy atom. The smallest absolute Gasteiger partial charge is 0.236 e. The zero-order chi connectivity index (χ0) is 9.68. The van der Waals surface area contributed by atoms with E-state index in [2.05, 4.69) is 10.3 Å². The number of aromatic nitrogens is 1. The molecule has 5 heteroatoms. The van der Waals surface area contributed by atoms with E-state index in [0.29, 0.717) is 13.1 Å². The first-order valence-corrected chi connectivity index (χ1v) is 4.92. The molecule has 0 aromatic carbocycles. The molecule has 0 spiro atoms. The Balaban J connectivity index is 2.18. The van der Waals surface area contributed by atoms with Crippen molar-refractivity contribution in [3.05, 3.63) is 16.6 Å². The average molecular weight is 199 g/mol. The Kier molecular flexibility index (Phi) is 3.85. The topological polar surface area (TPSA) is 45.2 Å². The monoisotopic (exact) mass is 199 g/mol. The van der Waals surface area contributed by atoms with Gasteiger partial charge in [-0.25, -0.2) is 4.98 Å². The summed E-state index contributed by atoms with van der Waals surface area (Å²) in [4.78, 5) is 16.8. The summed E-state index contributed by atoms with van der Waals surface area (Å²) in [5.41, 5.74) is 2.77. The number of rotatable bonds is 4. The Labute approximate surface area is 81.6 Å². The molecule has 0 saturated heterocycles. The molecule has 0 fully saturated rings. The fourth-order valence-corrected chi connectivity index (χ4v) is 1.34. The summed E-state index contributed by atoms with van der Waals surface area (Å²) >= 11 is 1.56. The van der Waals surface area contributed by atoms with Crippen molar-refractivity contribution >= 4 is 17.2 Å². The van der Waals surface area contributed by atoms with Crippen LogP contribution in [0.25, 0.3) is 0 Å². The minimum absolute atomic E-state index is 0.0789. The lowest BCUT2D eigenvalue weighted by Crippen LogP contribution is -2.32. The van der Waals surface area contributed by atoms with Crippen molar-refractivity contribution in [2.75, 3.05) is 20.6 Å².